The van der Waals surface area contributed by atoms with E-state index < -0.39 is 0 Å². The summed E-state index contributed by atoms with van der Waals surface area (Å²) in [6, 6.07) is 10.9. The van der Waals surface area contributed by atoms with Crippen molar-refractivity contribution in [3.63, 3.8) is 0 Å². The zero-order chi connectivity index (χ0) is 14.5. The molecule has 0 spiro atoms. The number of benzene rings is 2. The molecule has 2 aromatic carbocycles. The molecule has 0 amide bonds. The number of nitrogen functional groups attached to an aromatic ring is 1. The number of ether oxygens (including phenoxy) is 2. The second-order valence-electron chi connectivity index (χ2n) is 4.11. The molecule has 102 valence electrons. The Morgan fingerprint density at radius 3 is 2.70 bits per heavy atom. The quantitative estimate of drug-likeness (QED) is 0.869. The maximum absolute atomic E-state index is 13.1. The minimum atomic E-state index is -0.371. The van der Waals surface area contributed by atoms with Crippen molar-refractivity contribution >= 4 is 5.69 Å². The fourth-order valence-electron chi connectivity index (χ4n) is 1.71. The van der Waals surface area contributed by atoms with Gasteiger partial charge in [-0.25, -0.2) is 4.39 Å². The average Bonchev–Trinajstić information content (AvgIpc) is 2.48. The summed E-state index contributed by atoms with van der Waals surface area (Å²) in [5.74, 6) is 0.541. The van der Waals surface area contributed by atoms with Gasteiger partial charge in [-0.1, -0.05) is 0 Å². The number of nitrogens with two attached hydrogens (primary N) is 1. The van der Waals surface area contributed by atoms with Crippen molar-refractivity contribution < 1.29 is 13.9 Å². The molecule has 0 aliphatic carbocycles. The number of nitrogens with zero attached hydrogens (tertiary/aromatic N) is 1. The van der Waals surface area contributed by atoms with E-state index in [2.05, 4.69) is 0 Å². The predicted octanol–water partition coefficient (Wildman–Crippen LogP) is 2.87. The number of halogens is 1. The molecule has 0 bridgehead atoms. The Kier molecular flexibility index (Phi) is 4.06. The zero-order valence-corrected chi connectivity index (χ0v) is 10.9. The lowest BCUT2D eigenvalue weighted by molar-refractivity contribution is 0.284. The molecule has 0 heterocycles. The summed E-state index contributed by atoms with van der Waals surface area (Å²) in [5.41, 5.74) is 7.23. The Balaban J connectivity index is 2.19. The van der Waals surface area contributed by atoms with Gasteiger partial charge in [0.1, 0.15) is 12.4 Å². The Hall–Kier alpha value is -2.74. The SMILES string of the molecule is COc1cc(C#N)ccc1OCc1cc(F)ccc1N. The highest BCUT2D eigenvalue weighted by atomic mass is 19.1. The Bertz CT molecular complexity index is 665. The van der Waals surface area contributed by atoms with Crippen molar-refractivity contribution in [1.82, 2.24) is 0 Å². The fourth-order valence-corrected chi connectivity index (χ4v) is 1.71. The van der Waals surface area contributed by atoms with Crippen LogP contribution in [0, 0.1) is 17.1 Å². The van der Waals surface area contributed by atoms with E-state index >= 15 is 0 Å². The van der Waals surface area contributed by atoms with E-state index in [1.54, 1.807) is 18.2 Å². The number of anilines is 1. The number of methoxy groups -OCH3 is 1. The van der Waals surface area contributed by atoms with Gasteiger partial charge < -0.3 is 15.2 Å². The molecule has 2 aromatic rings. The highest BCUT2D eigenvalue weighted by Crippen LogP contribution is 2.29. The van der Waals surface area contributed by atoms with Crippen LogP contribution >= 0.6 is 0 Å². The first-order valence-electron chi connectivity index (χ1n) is 5.89. The van der Waals surface area contributed by atoms with Gasteiger partial charge >= 0.3 is 0 Å². The highest BCUT2D eigenvalue weighted by Gasteiger charge is 2.08. The van der Waals surface area contributed by atoms with Crippen LogP contribution in [0.3, 0.4) is 0 Å². The lowest BCUT2D eigenvalue weighted by Crippen LogP contribution is -2.02. The topological polar surface area (TPSA) is 68.3 Å². The summed E-state index contributed by atoms with van der Waals surface area (Å²) in [7, 11) is 1.49. The molecule has 2 N–H and O–H groups in total. The van der Waals surface area contributed by atoms with E-state index in [-0.39, 0.29) is 12.4 Å². The molecular weight excluding hydrogens is 259 g/mol. The summed E-state index contributed by atoms with van der Waals surface area (Å²) < 4.78 is 23.9. The highest BCUT2D eigenvalue weighted by molar-refractivity contribution is 5.49. The first kappa shape index (κ1) is 13.7. The van der Waals surface area contributed by atoms with E-state index in [9.17, 15) is 4.39 Å². The van der Waals surface area contributed by atoms with Crippen molar-refractivity contribution in [2.24, 2.45) is 0 Å². The van der Waals surface area contributed by atoms with E-state index in [0.717, 1.165) is 0 Å². The van der Waals surface area contributed by atoms with Gasteiger partial charge in [0.2, 0.25) is 0 Å². The summed E-state index contributed by atoms with van der Waals surface area (Å²) in [5, 5.41) is 8.82. The largest absolute Gasteiger partial charge is 0.493 e. The molecule has 20 heavy (non-hydrogen) atoms. The summed E-state index contributed by atoms with van der Waals surface area (Å²) in [6.07, 6.45) is 0. The number of nitriles is 1. The van der Waals surface area contributed by atoms with Crippen LogP contribution in [0.2, 0.25) is 0 Å². The molecule has 0 aliphatic heterocycles. The number of rotatable bonds is 4. The van der Waals surface area contributed by atoms with Crippen LogP contribution in [0.5, 0.6) is 11.5 Å². The molecule has 5 heteroatoms. The molecule has 0 aliphatic rings. The molecule has 0 atom stereocenters. The van der Waals surface area contributed by atoms with Gasteiger partial charge in [0, 0.05) is 17.3 Å². The van der Waals surface area contributed by atoms with Crippen molar-refractivity contribution in [3.05, 3.63) is 53.3 Å². The average molecular weight is 272 g/mol. The van der Waals surface area contributed by atoms with Crippen LogP contribution in [0.15, 0.2) is 36.4 Å². The number of hydrogen-bond acceptors (Lipinski definition) is 4. The minimum Gasteiger partial charge on any atom is -0.493 e. The summed E-state index contributed by atoms with van der Waals surface area (Å²) >= 11 is 0. The second-order valence-corrected chi connectivity index (χ2v) is 4.11. The second kappa shape index (κ2) is 5.93. The van der Waals surface area contributed by atoms with Gasteiger partial charge in [0.15, 0.2) is 11.5 Å². The van der Waals surface area contributed by atoms with Crippen LogP contribution in [0.4, 0.5) is 10.1 Å². The monoisotopic (exact) mass is 272 g/mol. The normalized spacial score (nSPS) is 9.85. The van der Waals surface area contributed by atoms with Crippen LogP contribution in [0.25, 0.3) is 0 Å². The molecule has 0 fully saturated rings. The van der Waals surface area contributed by atoms with E-state index in [1.165, 1.54) is 25.3 Å². The minimum absolute atomic E-state index is 0.117. The van der Waals surface area contributed by atoms with Gasteiger partial charge in [-0.05, 0) is 30.3 Å². The lowest BCUT2D eigenvalue weighted by atomic mass is 10.2. The molecule has 0 saturated carbocycles. The molecule has 0 saturated heterocycles. The first-order valence-corrected chi connectivity index (χ1v) is 5.89. The smallest absolute Gasteiger partial charge is 0.162 e. The molecule has 4 nitrogen and oxygen atoms in total. The van der Waals surface area contributed by atoms with Crippen molar-refractivity contribution in [1.29, 1.82) is 5.26 Å². The van der Waals surface area contributed by atoms with Crippen molar-refractivity contribution in [2.75, 3.05) is 12.8 Å². The van der Waals surface area contributed by atoms with Crippen LogP contribution in [-0.2, 0) is 6.61 Å². The van der Waals surface area contributed by atoms with Gasteiger partial charge in [0.25, 0.3) is 0 Å². The van der Waals surface area contributed by atoms with E-state index in [1.807, 2.05) is 6.07 Å². The Labute approximate surface area is 116 Å². The van der Waals surface area contributed by atoms with Crippen molar-refractivity contribution in [3.8, 4) is 17.6 Å². The first-order chi connectivity index (χ1) is 9.63. The molecular formula is C15H13FN2O2. The van der Waals surface area contributed by atoms with Gasteiger partial charge in [0.05, 0.1) is 18.7 Å². The van der Waals surface area contributed by atoms with Crippen LogP contribution in [-0.4, -0.2) is 7.11 Å². The Morgan fingerprint density at radius 1 is 1.20 bits per heavy atom. The van der Waals surface area contributed by atoms with E-state index in [0.29, 0.717) is 28.3 Å². The van der Waals surface area contributed by atoms with Crippen LogP contribution < -0.4 is 15.2 Å². The molecule has 0 unspecified atom stereocenters. The maximum Gasteiger partial charge on any atom is 0.162 e. The molecule has 2 rings (SSSR count). The third-order valence-electron chi connectivity index (χ3n) is 2.78. The zero-order valence-electron chi connectivity index (χ0n) is 10.9. The standard InChI is InChI=1S/C15H13FN2O2/c1-19-15-6-10(8-17)2-5-14(15)20-9-11-7-12(16)3-4-13(11)18/h2-7H,9,18H2,1H3. The summed E-state index contributed by atoms with van der Waals surface area (Å²) in [4.78, 5) is 0. The fraction of sp³-hybridized carbons (Fsp3) is 0.133. The molecule has 0 aromatic heterocycles. The maximum atomic E-state index is 13.1. The lowest BCUT2D eigenvalue weighted by Gasteiger charge is -2.12. The predicted molar refractivity (Wildman–Crippen MR) is 72.9 cm³/mol. The van der Waals surface area contributed by atoms with Crippen molar-refractivity contribution in [2.45, 2.75) is 6.61 Å². The summed E-state index contributed by atoms with van der Waals surface area (Å²) in [6.45, 7) is 0.117. The van der Waals surface area contributed by atoms with Crippen LogP contribution in [0.1, 0.15) is 11.1 Å². The van der Waals surface area contributed by atoms with Gasteiger partial charge in [-0.2, -0.15) is 5.26 Å². The third-order valence-corrected chi connectivity index (χ3v) is 2.78. The molecule has 0 radical (unpaired) electrons. The van der Waals surface area contributed by atoms with Gasteiger partial charge in [-0.15, -0.1) is 0 Å². The number of hydrogen-bond donors (Lipinski definition) is 1. The third kappa shape index (κ3) is 2.98. The van der Waals surface area contributed by atoms with Gasteiger partial charge in [-0.3, -0.25) is 0 Å². The van der Waals surface area contributed by atoms with E-state index in [4.69, 9.17) is 20.5 Å². The Morgan fingerprint density at radius 2 is 2.00 bits per heavy atom.